The third-order valence-electron chi connectivity index (χ3n) is 4.34. The van der Waals surface area contributed by atoms with Gasteiger partial charge in [0.1, 0.15) is 0 Å². The third kappa shape index (κ3) is 5.02. The summed E-state index contributed by atoms with van der Waals surface area (Å²) >= 11 is 1.58. The van der Waals surface area contributed by atoms with Crippen molar-refractivity contribution in [2.45, 2.75) is 33.4 Å². The van der Waals surface area contributed by atoms with E-state index in [1.165, 1.54) is 5.56 Å². The van der Waals surface area contributed by atoms with Crippen molar-refractivity contribution < 1.29 is 9.53 Å². The van der Waals surface area contributed by atoms with E-state index in [0.717, 1.165) is 32.3 Å². The molecule has 140 valence electrons. The van der Waals surface area contributed by atoms with Crippen LogP contribution in [0.15, 0.2) is 48.5 Å². The van der Waals surface area contributed by atoms with E-state index in [1.54, 1.807) is 18.4 Å². The lowest BCUT2D eigenvalue weighted by atomic mass is 10.1. The summed E-state index contributed by atoms with van der Waals surface area (Å²) in [4.78, 5) is 18.2. The van der Waals surface area contributed by atoms with Crippen molar-refractivity contribution in [3.63, 3.8) is 0 Å². The second kappa shape index (κ2) is 8.93. The molecule has 1 amide bonds. The van der Waals surface area contributed by atoms with E-state index in [4.69, 9.17) is 4.74 Å². The van der Waals surface area contributed by atoms with Gasteiger partial charge < -0.3 is 10.1 Å². The number of carbonyl (C=O) groups is 1. The molecule has 3 rings (SSSR count). The number of nitrogens with one attached hydrogen (secondary N) is 1. The Labute approximate surface area is 164 Å². The molecule has 27 heavy (non-hydrogen) atoms. The minimum Gasteiger partial charge on any atom is -0.380 e. The molecule has 3 aromatic rings. The largest absolute Gasteiger partial charge is 0.380 e. The van der Waals surface area contributed by atoms with Crippen LogP contribution >= 0.6 is 11.3 Å². The van der Waals surface area contributed by atoms with Gasteiger partial charge in [-0.3, -0.25) is 4.79 Å². The normalized spacial score (nSPS) is 10.8. The molecular weight excluding hydrogens is 356 g/mol. The second-order valence-electron chi connectivity index (χ2n) is 6.53. The van der Waals surface area contributed by atoms with Crippen LogP contribution < -0.4 is 5.32 Å². The van der Waals surface area contributed by atoms with Crippen molar-refractivity contribution >= 4 is 17.2 Å². The molecule has 1 heterocycles. The molecule has 0 atom stereocenters. The lowest BCUT2D eigenvalue weighted by molar-refractivity contribution is -0.120. The van der Waals surface area contributed by atoms with Gasteiger partial charge in [-0.25, -0.2) is 4.98 Å². The summed E-state index contributed by atoms with van der Waals surface area (Å²) in [7, 11) is 1.67. The first kappa shape index (κ1) is 19.3. The molecule has 4 nitrogen and oxygen atoms in total. The first-order chi connectivity index (χ1) is 13.1. The maximum Gasteiger partial charge on any atom is 0.225 e. The fraction of sp³-hybridized carbons (Fsp3) is 0.273. The van der Waals surface area contributed by atoms with E-state index >= 15 is 0 Å². The van der Waals surface area contributed by atoms with Crippen LogP contribution in [0.2, 0.25) is 0 Å². The fourth-order valence-corrected chi connectivity index (χ4v) is 3.91. The zero-order valence-electron chi connectivity index (χ0n) is 15.9. The van der Waals surface area contributed by atoms with Gasteiger partial charge in [0, 0.05) is 24.1 Å². The number of nitrogens with zero attached hydrogens (tertiary/aromatic N) is 1. The fourth-order valence-electron chi connectivity index (χ4n) is 2.95. The summed E-state index contributed by atoms with van der Waals surface area (Å²) in [5.41, 5.74) is 5.34. The van der Waals surface area contributed by atoms with E-state index in [9.17, 15) is 4.79 Å². The number of amides is 1. The van der Waals surface area contributed by atoms with Crippen molar-refractivity contribution in [1.29, 1.82) is 0 Å². The van der Waals surface area contributed by atoms with Crippen LogP contribution in [-0.2, 0) is 29.1 Å². The molecule has 0 spiro atoms. The van der Waals surface area contributed by atoms with Crippen molar-refractivity contribution in [3.05, 3.63) is 75.1 Å². The Morgan fingerprint density at radius 1 is 1.07 bits per heavy atom. The Hall–Kier alpha value is -2.50. The molecule has 0 bridgehead atoms. The van der Waals surface area contributed by atoms with E-state index in [2.05, 4.69) is 41.5 Å². The van der Waals surface area contributed by atoms with Gasteiger partial charge in [0.2, 0.25) is 5.91 Å². The van der Waals surface area contributed by atoms with Crippen LogP contribution in [0.4, 0.5) is 0 Å². The molecule has 0 aliphatic carbocycles. The highest BCUT2D eigenvalue weighted by Crippen LogP contribution is 2.28. The SMILES string of the molecule is COCc1ccccc1CNC(=O)Cc1sc(C)nc1-c1ccc(C)cc1. The van der Waals surface area contributed by atoms with Gasteiger partial charge in [0.15, 0.2) is 0 Å². The van der Waals surface area contributed by atoms with Crippen LogP contribution in [0.25, 0.3) is 11.3 Å². The molecule has 1 aromatic heterocycles. The topological polar surface area (TPSA) is 51.2 Å². The molecular formula is C22H24N2O2S. The van der Waals surface area contributed by atoms with E-state index in [-0.39, 0.29) is 5.91 Å². The number of thiazole rings is 1. The number of methoxy groups -OCH3 is 1. The van der Waals surface area contributed by atoms with E-state index < -0.39 is 0 Å². The Kier molecular flexibility index (Phi) is 6.37. The number of hydrogen-bond donors (Lipinski definition) is 1. The molecule has 0 fully saturated rings. The van der Waals surface area contributed by atoms with Crippen LogP contribution in [0.3, 0.4) is 0 Å². The monoisotopic (exact) mass is 380 g/mol. The maximum atomic E-state index is 12.5. The predicted molar refractivity (Wildman–Crippen MR) is 110 cm³/mol. The Morgan fingerprint density at radius 2 is 1.78 bits per heavy atom. The average molecular weight is 381 g/mol. The lowest BCUT2D eigenvalue weighted by Gasteiger charge is -2.10. The molecule has 2 aromatic carbocycles. The number of aromatic nitrogens is 1. The molecule has 0 aliphatic heterocycles. The molecule has 5 heteroatoms. The van der Waals surface area contributed by atoms with Crippen LogP contribution in [0.5, 0.6) is 0 Å². The lowest BCUT2D eigenvalue weighted by Crippen LogP contribution is -2.25. The minimum atomic E-state index is -0.000712. The number of rotatable bonds is 7. The first-order valence-electron chi connectivity index (χ1n) is 8.92. The third-order valence-corrected chi connectivity index (χ3v) is 5.32. The zero-order chi connectivity index (χ0) is 19.2. The minimum absolute atomic E-state index is 0.000712. The highest BCUT2D eigenvalue weighted by atomic mass is 32.1. The summed E-state index contributed by atoms with van der Waals surface area (Å²) in [5.74, 6) is -0.000712. The van der Waals surface area contributed by atoms with Crippen molar-refractivity contribution in [3.8, 4) is 11.3 Å². The Morgan fingerprint density at radius 3 is 2.48 bits per heavy atom. The predicted octanol–water partition coefficient (Wildman–Crippen LogP) is 4.43. The molecule has 0 radical (unpaired) electrons. The van der Waals surface area contributed by atoms with Crippen molar-refractivity contribution in [2.24, 2.45) is 0 Å². The summed E-state index contributed by atoms with van der Waals surface area (Å²) in [5, 5.41) is 4.00. The van der Waals surface area contributed by atoms with Crippen LogP contribution in [-0.4, -0.2) is 18.0 Å². The van der Waals surface area contributed by atoms with Crippen LogP contribution in [0, 0.1) is 13.8 Å². The van der Waals surface area contributed by atoms with Gasteiger partial charge in [0.05, 0.1) is 23.7 Å². The summed E-state index contributed by atoms with van der Waals surface area (Å²) in [6.07, 6.45) is 0.334. The number of hydrogen-bond acceptors (Lipinski definition) is 4. The first-order valence-corrected chi connectivity index (χ1v) is 9.74. The molecule has 0 saturated carbocycles. The van der Waals surface area contributed by atoms with Gasteiger partial charge in [-0.2, -0.15) is 0 Å². The summed E-state index contributed by atoms with van der Waals surface area (Å²) in [6.45, 7) is 5.07. The number of carbonyl (C=O) groups excluding carboxylic acids is 1. The molecule has 1 N–H and O–H groups in total. The Bertz CT molecular complexity index is 916. The van der Waals surface area contributed by atoms with Gasteiger partial charge in [-0.1, -0.05) is 54.1 Å². The van der Waals surface area contributed by atoms with Gasteiger partial charge in [-0.15, -0.1) is 11.3 Å². The summed E-state index contributed by atoms with van der Waals surface area (Å²) in [6, 6.07) is 16.3. The van der Waals surface area contributed by atoms with Gasteiger partial charge >= 0.3 is 0 Å². The number of benzene rings is 2. The zero-order valence-corrected chi connectivity index (χ0v) is 16.7. The molecule has 0 aliphatic rings. The second-order valence-corrected chi connectivity index (χ2v) is 7.81. The molecule has 0 unspecified atom stereocenters. The van der Waals surface area contributed by atoms with Gasteiger partial charge in [0.25, 0.3) is 0 Å². The van der Waals surface area contributed by atoms with Crippen molar-refractivity contribution in [1.82, 2.24) is 10.3 Å². The van der Waals surface area contributed by atoms with Crippen molar-refractivity contribution in [2.75, 3.05) is 7.11 Å². The van der Waals surface area contributed by atoms with Crippen LogP contribution in [0.1, 0.15) is 26.6 Å². The smallest absolute Gasteiger partial charge is 0.225 e. The average Bonchev–Trinajstić information content (AvgIpc) is 3.02. The Balaban J connectivity index is 1.69. The number of aryl methyl sites for hydroxylation is 2. The van der Waals surface area contributed by atoms with Gasteiger partial charge in [-0.05, 0) is 25.0 Å². The highest BCUT2D eigenvalue weighted by Gasteiger charge is 2.15. The molecule has 0 saturated heterocycles. The standard InChI is InChI=1S/C22H24N2O2S/c1-15-8-10-17(11-9-15)22-20(27-16(2)24-22)12-21(25)23-13-18-6-4-5-7-19(18)14-26-3/h4-11H,12-14H2,1-3H3,(H,23,25). The van der Waals surface area contributed by atoms with E-state index in [0.29, 0.717) is 19.6 Å². The maximum absolute atomic E-state index is 12.5. The summed E-state index contributed by atoms with van der Waals surface area (Å²) < 4.78 is 5.23. The highest BCUT2D eigenvalue weighted by molar-refractivity contribution is 7.12. The quantitative estimate of drug-likeness (QED) is 0.660. The number of ether oxygens (including phenoxy) is 1. The van der Waals surface area contributed by atoms with E-state index in [1.807, 2.05) is 31.2 Å².